The Balaban J connectivity index is 2.04. The van der Waals surface area contributed by atoms with Crippen LogP contribution in [0.1, 0.15) is 27.2 Å². The zero-order valence-corrected chi connectivity index (χ0v) is 15.4. The van der Waals surface area contributed by atoms with E-state index in [1.165, 1.54) is 30.4 Å². The number of carbonyl (C=O) groups is 2. The number of thiazole rings is 1. The van der Waals surface area contributed by atoms with Crippen LogP contribution in [0.2, 0.25) is 0 Å². The molecule has 2 atom stereocenters. The number of nitro benzene ring substituents is 1. The van der Waals surface area contributed by atoms with Gasteiger partial charge in [-0.25, -0.2) is 4.98 Å². The van der Waals surface area contributed by atoms with Gasteiger partial charge in [0, 0.05) is 23.1 Å². The summed E-state index contributed by atoms with van der Waals surface area (Å²) in [6, 6.07) is 6.08. The van der Waals surface area contributed by atoms with Crippen molar-refractivity contribution >= 4 is 34.0 Å². The highest BCUT2D eigenvalue weighted by atomic mass is 32.1. The monoisotopic (exact) mass is 377 g/mol. The fourth-order valence-electron chi connectivity index (χ4n) is 1.96. The van der Waals surface area contributed by atoms with Gasteiger partial charge in [0.25, 0.3) is 11.6 Å². The molecule has 1 N–H and O–H groups in total. The van der Waals surface area contributed by atoms with Crippen molar-refractivity contribution in [1.29, 1.82) is 0 Å². The highest BCUT2D eigenvalue weighted by Crippen LogP contribution is 2.27. The van der Waals surface area contributed by atoms with Crippen molar-refractivity contribution in [2.75, 3.05) is 5.32 Å². The van der Waals surface area contributed by atoms with Gasteiger partial charge in [0.1, 0.15) is 0 Å². The van der Waals surface area contributed by atoms with Gasteiger partial charge < -0.3 is 4.74 Å². The third-order valence-corrected chi connectivity index (χ3v) is 4.52. The first kappa shape index (κ1) is 19.5. The van der Waals surface area contributed by atoms with E-state index in [1.807, 2.05) is 6.92 Å². The fourth-order valence-corrected chi connectivity index (χ4v) is 2.68. The Kier molecular flexibility index (Phi) is 6.40. The molecule has 1 heterocycles. The van der Waals surface area contributed by atoms with E-state index < -0.39 is 22.9 Å². The molecule has 0 aliphatic carbocycles. The third kappa shape index (κ3) is 4.85. The number of esters is 1. The summed E-state index contributed by atoms with van der Waals surface area (Å²) in [7, 11) is 0. The molecule has 8 nitrogen and oxygen atoms in total. The van der Waals surface area contributed by atoms with Crippen molar-refractivity contribution in [3.8, 4) is 11.3 Å². The second-order valence-corrected chi connectivity index (χ2v) is 6.58. The average molecular weight is 377 g/mol. The zero-order chi connectivity index (χ0) is 19.3. The molecule has 0 aliphatic heterocycles. The Bertz CT molecular complexity index is 820. The summed E-state index contributed by atoms with van der Waals surface area (Å²) in [6.07, 6.45) is -0.312. The summed E-state index contributed by atoms with van der Waals surface area (Å²) >= 11 is 1.18. The third-order valence-electron chi connectivity index (χ3n) is 3.76. The van der Waals surface area contributed by atoms with Crippen LogP contribution in [0.25, 0.3) is 11.3 Å². The molecule has 1 aromatic heterocycles. The van der Waals surface area contributed by atoms with Crippen LogP contribution in [0.15, 0.2) is 29.6 Å². The minimum absolute atomic E-state index is 0.0355. The number of hydrogen-bond acceptors (Lipinski definition) is 7. The summed E-state index contributed by atoms with van der Waals surface area (Å²) < 4.78 is 5.12. The first-order valence-corrected chi connectivity index (χ1v) is 8.91. The summed E-state index contributed by atoms with van der Waals surface area (Å²) in [5.74, 6) is -1.18. The number of nitrogens with one attached hydrogen (secondary N) is 1. The van der Waals surface area contributed by atoms with Gasteiger partial charge in [-0.2, -0.15) is 0 Å². The zero-order valence-electron chi connectivity index (χ0n) is 14.6. The SMILES string of the molecule is CCC(C)C(=O)OC(C)C(=O)Nc1nc(-c2cccc([N+](=O)[O-])c2)cs1. The van der Waals surface area contributed by atoms with Crippen LogP contribution in [0.4, 0.5) is 10.8 Å². The first-order chi connectivity index (χ1) is 12.3. The number of non-ortho nitro benzene ring substituents is 1. The molecule has 2 unspecified atom stereocenters. The molecule has 0 radical (unpaired) electrons. The van der Waals surface area contributed by atoms with Crippen molar-refractivity contribution in [1.82, 2.24) is 4.98 Å². The highest BCUT2D eigenvalue weighted by Gasteiger charge is 2.22. The van der Waals surface area contributed by atoms with Gasteiger partial charge in [0.2, 0.25) is 0 Å². The van der Waals surface area contributed by atoms with E-state index in [1.54, 1.807) is 24.4 Å². The second kappa shape index (κ2) is 8.52. The minimum atomic E-state index is -0.943. The van der Waals surface area contributed by atoms with Crippen molar-refractivity contribution in [2.45, 2.75) is 33.3 Å². The molecule has 0 bridgehead atoms. The van der Waals surface area contributed by atoms with Gasteiger partial charge in [-0.3, -0.25) is 25.0 Å². The van der Waals surface area contributed by atoms with E-state index in [0.717, 1.165) is 0 Å². The van der Waals surface area contributed by atoms with Gasteiger partial charge >= 0.3 is 5.97 Å². The normalized spacial score (nSPS) is 12.9. The number of amides is 1. The fraction of sp³-hybridized carbons (Fsp3) is 0.353. The molecule has 0 spiro atoms. The Hall–Kier alpha value is -2.81. The molecular weight excluding hydrogens is 358 g/mol. The van der Waals surface area contributed by atoms with Gasteiger partial charge in [-0.1, -0.05) is 26.0 Å². The van der Waals surface area contributed by atoms with Gasteiger partial charge in [0.05, 0.1) is 16.5 Å². The lowest BCUT2D eigenvalue weighted by Crippen LogP contribution is -2.31. The van der Waals surface area contributed by atoms with Gasteiger partial charge in [0.15, 0.2) is 11.2 Å². The predicted octanol–water partition coefficient (Wildman–Crippen LogP) is 3.63. The number of hydrogen-bond donors (Lipinski definition) is 1. The van der Waals surface area contributed by atoms with Crippen LogP contribution in [-0.2, 0) is 14.3 Å². The quantitative estimate of drug-likeness (QED) is 0.448. The van der Waals surface area contributed by atoms with Crippen molar-refractivity contribution in [2.24, 2.45) is 5.92 Å². The second-order valence-electron chi connectivity index (χ2n) is 5.72. The molecule has 0 saturated heterocycles. The molecule has 0 fully saturated rings. The van der Waals surface area contributed by atoms with E-state index in [4.69, 9.17) is 4.74 Å². The Morgan fingerprint density at radius 3 is 2.77 bits per heavy atom. The largest absolute Gasteiger partial charge is 0.452 e. The molecule has 9 heteroatoms. The number of carbonyl (C=O) groups excluding carboxylic acids is 2. The predicted molar refractivity (Wildman–Crippen MR) is 97.8 cm³/mol. The lowest BCUT2D eigenvalue weighted by atomic mass is 10.1. The van der Waals surface area contributed by atoms with Crippen LogP contribution in [0.3, 0.4) is 0 Å². The van der Waals surface area contributed by atoms with Crippen LogP contribution in [0.5, 0.6) is 0 Å². The van der Waals surface area contributed by atoms with Crippen molar-refractivity contribution in [3.05, 3.63) is 39.8 Å². The maximum Gasteiger partial charge on any atom is 0.309 e. The van der Waals surface area contributed by atoms with E-state index in [2.05, 4.69) is 10.3 Å². The number of nitrogens with zero attached hydrogens (tertiary/aromatic N) is 2. The highest BCUT2D eigenvalue weighted by molar-refractivity contribution is 7.14. The lowest BCUT2D eigenvalue weighted by molar-refractivity contribution is -0.384. The van der Waals surface area contributed by atoms with Crippen LogP contribution in [-0.4, -0.2) is 27.9 Å². The summed E-state index contributed by atoms with van der Waals surface area (Å²) in [5, 5.41) is 15.5. The van der Waals surface area contributed by atoms with Crippen LogP contribution in [0, 0.1) is 16.0 Å². The van der Waals surface area contributed by atoms with Crippen LogP contribution < -0.4 is 5.32 Å². The van der Waals surface area contributed by atoms with Crippen molar-refractivity contribution < 1.29 is 19.2 Å². The van der Waals surface area contributed by atoms with E-state index in [-0.39, 0.29) is 11.6 Å². The van der Waals surface area contributed by atoms with Crippen LogP contribution >= 0.6 is 11.3 Å². The van der Waals surface area contributed by atoms with Gasteiger partial charge in [-0.05, 0) is 13.3 Å². The maximum absolute atomic E-state index is 12.1. The molecule has 26 heavy (non-hydrogen) atoms. The Morgan fingerprint density at radius 2 is 2.12 bits per heavy atom. The number of aromatic nitrogens is 1. The van der Waals surface area contributed by atoms with E-state index in [0.29, 0.717) is 22.8 Å². The summed E-state index contributed by atoms with van der Waals surface area (Å²) in [5.41, 5.74) is 1.05. The number of nitro groups is 1. The average Bonchev–Trinajstić information content (AvgIpc) is 3.09. The minimum Gasteiger partial charge on any atom is -0.452 e. The smallest absolute Gasteiger partial charge is 0.309 e. The number of ether oxygens (including phenoxy) is 1. The number of anilines is 1. The molecule has 1 amide bonds. The Morgan fingerprint density at radius 1 is 1.38 bits per heavy atom. The molecule has 1 aromatic carbocycles. The molecule has 0 saturated carbocycles. The molecular formula is C17H19N3O5S. The molecule has 0 aliphatic rings. The number of rotatable bonds is 7. The summed E-state index contributed by atoms with van der Waals surface area (Å²) in [6.45, 7) is 5.09. The molecule has 138 valence electrons. The number of benzene rings is 1. The maximum atomic E-state index is 12.1. The Labute approximate surface area is 154 Å². The van der Waals surface area contributed by atoms with Gasteiger partial charge in [-0.15, -0.1) is 11.3 Å². The molecule has 2 aromatic rings. The molecule has 2 rings (SSSR count). The summed E-state index contributed by atoms with van der Waals surface area (Å²) in [4.78, 5) is 38.5. The lowest BCUT2D eigenvalue weighted by Gasteiger charge is -2.14. The standard InChI is InChI=1S/C17H19N3O5S/c1-4-10(2)16(22)25-11(3)15(21)19-17-18-14(9-26-17)12-6-5-7-13(8-12)20(23)24/h5-11H,4H2,1-3H3,(H,18,19,21). The van der Waals surface area contributed by atoms with Crippen molar-refractivity contribution in [3.63, 3.8) is 0 Å². The van der Waals surface area contributed by atoms with E-state index in [9.17, 15) is 19.7 Å². The van der Waals surface area contributed by atoms with E-state index >= 15 is 0 Å². The first-order valence-electron chi connectivity index (χ1n) is 8.03. The topological polar surface area (TPSA) is 111 Å².